The molecule has 414 valence electrons. The van der Waals surface area contributed by atoms with Crippen molar-refractivity contribution in [1.82, 2.24) is 5.32 Å². The monoisotopic (exact) mass is 1610 g/mol. The summed E-state index contributed by atoms with van der Waals surface area (Å²) in [4.78, 5) is 33.8. The molecule has 0 spiro atoms. The van der Waals surface area contributed by atoms with E-state index in [2.05, 4.69) is 165 Å². The van der Waals surface area contributed by atoms with E-state index in [-0.39, 0.29) is 35.7 Å². The molecule has 0 heterocycles. The smallest absolute Gasteiger partial charge is 0.270 e. The van der Waals surface area contributed by atoms with Gasteiger partial charge in [0.05, 0.1) is 27.7 Å². The van der Waals surface area contributed by atoms with Crippen LogP contribution in [0.3, 0.4) is 0 Å². The maximum absolute atomic E-state index is 12.3. The Labute approximate surface area is 531 Å². The topological polar surface area (TPSA) is 224 Å². The third-order valence-electron chi connectivity index (χ3n) is 12.1. The predicted octanol–water partition coefficient (Wildman–Crippen LogP) is 17.1. The minimum Gasteiger partial charge on any atom is -0.392 e. The summed E-state index contributed by atoms with van der Waals surface area (Å²) >= 11 is 18.7. The van der Waals surface area contributed by atoms with Gasteiger partial charge in [-0.05, 0) is 262 Å². The van der Waals surface area contributed by atoms with Gasteiger partial charge in [0.15, 0.2) is 0 Å². The first-order valence-electron chi connectivity index (χ1n) is 24.2. The van der Waals surface area contributed by atoms with Crippen molar-refractivity contribution in [3.05, 3.63) is 247 Å². The maximum atomic E-state index is 12.3. The van der Waals surface area contributed by atoms with Crippen LogP contribution in [0.5, 0.6) is 0 Å². The fourth-order valence-electron chi connectivity index (χ4n) is 7.92. The number of rotatable bonds is 17. The summed E-state index contributed by atoms with van der Waals surface area (Å²) in [5.74, 6) is -0.399. The van der Waals surface area contributed by atoms with Crippen LogP contribution in [-0.4, -0.2) is 37.6 Å². The molecule has 0 bridgehead atoms. The van der Waals surface area contributed by atoms with Gasteiger partial charge in [-0.25, -0.2) is 0 Å². The molecule has 80 heavy (non-hydrogen) atoms. The molecule has 0 saturated heterocycles. The number of nitro groups is 2. The number of aliphatic hydroxyl groups excluding tert-OH is 3. The third-order valence-corrected chi connectivity index (χ3v) is 15.5. The highest BCUT2D eigenvalue weighted by Crippen LogP contribution is 2.41. The first kappa shape index (κ1) is 63.7. The van der Waals surface area contributed by atoms with E-state index in [1.807, 2.05) is 93.6 Å². The van der Waals surface area contributed by atoms with E-state index in [4.69, 9.17) is 11.6 Å². The molecular formula is C59H53BrClI4N7O8. The Morgan fingerprint density at radius 3 is 1.36 bits per heavy atom. The molecule has 21 heteroatoms. The summed E-state index contributed by atoms with van der Waals surface area (Å²) in [6.07, 6.45) is -1.40. The lowest BCUT2D eigenvalue weighted by Gasteiger charge is -2.24. The molecule has 0 aliphatic carbocycles. The molecule has 2 unspecified atom stereocenters. The molecular weight excluding hydrogens is 1560 g/mol. The molecule has 8 rings (SSSR count). The Balaban J connectivity index is 0.000000210. The summed E-state index contributed by atoms with van der Waals surface area (Å²) in [5.41, 5.74) is 11.4. The number of non-ortho nitro benzene ring substituents is 2. The lowest BCUT2D eigenvalue weighted by atomic mass is 9.95. The van der Waals surface area contributed by atoms with Gasteiger partial charge in [-0.3, -0.25) is 25.0 Å². The number of anilines is 8. The zero-order valence-corrected chi connectivity index (χ0v) is 54.2. The Morgan fingerprint density at radius 1 is 0.562 bits per heavy atom. The minimum absolute atomic E-state index is 0.0190. The number of carbonyl (C=O) groups is 1. The standard InChI is InChI=1S/C28H24ClI2N3O4.C17H16IN3O3.C14H13BrINO/c1-15-11-18(30)4-8-23(15)32-25-7-3-17(29)13-21(25)27(35)28(36)22-14-20(34(37)38)6-10-26(22)33-24-9-5-19(31)12-16(24)2;1-3-8-19-17(22)14-10-13(21(23)24)5-7-16(14)20-15-6-4-12(18)9-11(15)2;1-9-6-12(16)3-5-13(9)17-14-4-2-11(15)7-10(14)8-18/h3-14,27-28,32-33,35-36H,1-2H3;3-7,9-10,20H,1,8H2,2H3,(H,19,22);2-7,17-18H,8H2,1H3. The minimum atomic E-state index is -1.50. The molecule has 8 aromatic carbocycles. The highest BCUT2D eigenvalue weighted by Gasteiger charge is 2.28. The van der Waals surface area contributed by atoms with Gasteiger partial charge in [0.2, 0.25) is 0 Å². The van der Waals surface area contributed by atoms with Gasteiger partial charge in [-0.1, -0.05) is 33.6 Å². The van der Waals surface area contributed by atoms with E-state index in [1.54, 1.807) is 30.3 Å². The van der Waals surface area contributed by atoms with Gasteiger partial charge in [-0.2, -0.15) is 0 Å². The van der Waals surface area contributed by atoms with Crippen LogP contribution in [0.2, 0.25) is 5.02 Å². The van der Waals surface area contributed by atoms with Gasteiger partial charge in [-0.15, -0.1) is 6.58 Å². The molecule has 8 aromatic rings. The molecule has 0 aromatic heterocycles. The van der Waals surface area contributed by atoms with Crippen molar-refractivity contribution < 1.29 is 30.0 Å². The van der Waals surface area contributed by atoms with Crippen molar-refractivity contribution in [3.63, 3.8) is 0 Å². The van der Waals surface area contributed by atoms with Crippen molar-refractivity contribution in [1.29, 1.82) is 0 Å². The average molecular weight is 1610 g/mol. The van der Waals surface area contributed by atoms with Crippen molar-refractivity contribution in [3.8, 4) is 0 Å². The van der Waals surface area contributed by atoms with Gasteiger partial charge < -0.3 is 41.9 Å². The predicted molar refractivity (Wildman–Crippen MR) is 359 cm³/mol. The molecule has 0 aliphatic rings. The lowest BCUT2D eigenvalue weighted by molar-refractivity contribution is -0.385. The maximum Gasteiger partial charge on any atom is 0.270 e. The van der Waals surface area contributed by atoms with Gasteiger partial charge in [0, 0.05) is 111 Å². The van der Waals surface area contributed by atoms with E-state index in [1.165, 1.54) is 39.5 Å². The molecule has 0 fully saturated rings. The summed E-state index contributed by atoms with van der Waals surface area (Å²) in [6, 6.07) is 43.0. The molecule has 8 N–H and O–H groups in total. The van der Waals surface area contributed by atoms with Crippen LogP contribution < -0.4 is 26.6 Å². The number of aryl methyl sites for hydroxylation is 4. The van der Waals surface area contributed by atoms with E-state index in [0.29, 0.717) is 27.6 Å². The average Bonchev–Trinajstić information content (AvgIpc) is 3.43. The number of aliphatic hydroxyl groups is 3. The van der Waals surface area contributed by atoms with Gasteiger partial charge >= 0.3 is 0 Å². The van der Waals surface area contributed by atoms with Crippen LogP contribution in [0.15, 0.2) is 163 Å². The molecule has 0 radical (unpaired) electrons. The highest BCUT2D eigenvalue weighted by molar-refractivity contribution is 14.1. The molecule has 1 amide bonds. The largest absolute Gasteiger partial charge is 0.392 e. The molecule has 15 nitrogen and oxygen atoms in total. The van der Waals surface area contributed by atoms with E-state index in [9.17, 15) is 40.3 Å². The van der Waals surface area contributed by atoms with Crippen LogP contribution in [-0.2, 0) is 6.61 Å². The second-order valence-corrected chi connectivity index (χ2v) is 24.3. The Kier molecular flexibility index (Phi) is 23.9. The van der Waals surface area contributed by atoms with Crippen LogP contribution in [0.1, 0.15) is 61.5 Å². The van der Waals surface area contributed by atoms with Gasteiger partial charge in [0.1, 0.15) is 12.2 Å². The van der Waals surface area contributed by atoms with E-state index in [0.717, 1.165) is 65.9 Å². The van der Waals surface area contributed by atoms with Crippen LogP contribution in [0, 0.1) is 62.2 Å². The number of halogens is 6. The number of benzene rings is 8. The number of carbonyl (C=O) groups excluding carboxylic acids is 1. The van der Waals surface area contributed by atoms with Crippen molar-refractivity contribution in [2.75, 3.05) is 27.8 Å². The molecule has 2 atom stereocenters. The van der Waals surface area contributed by atoms with Crippen molar-refractivity contribution in [2.45, 2.75) is 46.5 Å². The number of hydrogen-bond acceptors (Lipinski definition) is 12. The van der Waals surface area contributed by atoms with Gasteiger partial charge in [0.25, 0.3) is 17.3 Å². The summed E-state index contributed by atoms with van der Waals surface area (Å²) in [6.45, 7) is 11.8. The second-order valence-electron chi connectivity index (χ2n) is 17.9. The summed E-state index contributed by atoms with van der Waals surface area (Å²) in [5, 5.41) is 70.9. The van der Waals surface area contributed by atoms with Crippen LogP contribution in [0.4, 0.5) is 56.9 Å². The quantitative estimate of drug-likeness (QED) is 0.0185. The number of amides is 1. The SMILES string of the molecule is C=CCNC(=O)c1cc([N+](=O)[O-])ccc1Nc1ccc(I)cc1C.Cc1cc(I)ccc1Nc1ccc(Br)cc1CO.Cc1cc(I)ccc1Nc1ccc(Cl)cc1C(O)C(O)c1cc([N+](=O)[O-])ccc1Nc1ccc(I)cc1C. The number of nitro benzene ring substituents is 2. The first-order chi connectivity index (χ1) is 38.0. The number of nitrogens with one attached hydrogen (secondary N) is 5. The zero-order chi connectivity index (χ0) is 58.4. The fraction of sp³-hybridized carbons (Fsp3) is 0.136. The Morgan fingerprint density at radius 2 is 0.938 bits per heavy atom. The van der Waals surface area contributed by atoms with E-state index >= 15 is 0 Å². The fourth-order valence-corrected chi connectivity index (χ4v) is 11.1. The highest BCUT2D eigenvalue weighted by atomic mass is 127. The normalized spacial score (nSPS) is 11.4. The Hall–Kier alpha value is -5.46. The lowest BCUT2D eigenvalue weighted by Crippen LogP contribution is -2.24. The van der Waals surface area contributed by atoms with Crippen molar-refractivity contribution in [2.24, 2.45) is 0 Å². The number of nitrogens with zero attached hydrogens (tertiary/aromatic N) is 2. The number of hydrogen-bond donors (Lipinski definition) is 8. The van der Waals surface area contributed by atoms with Crippen LogP contribution >= 0.6 is 118 Å². The Bertz CT molecular complexity index is 3600. The summed E-state index contributed by atoms with van der Waals surface area (Å²) in [7, 11) is 0. The summed E-state index contributed by atoms with van der Waals surface area (Å²) < 4.78 is 5.44. The molecule has 0 saturated carbocycles. The zero-order valence-electron chi connectivity index (χ0n) is 43.3. The van der Waals surface area contributed by atoms with Crippen LogP contribution in [0.25, 0.3) is 0 Å². The van der Waals surface area contributed by atoms with Crippen molar-refractivity contribution >= 4 is 181 Å². The third kappa shape index (κ3) is 17.8. The first-order valence-corrected chi connectivity index (χ1v) is 29.7. The molecule has 0 aliphatic heterocycles. The van der Waals surface area contributed by atoms with E-state index < -0.39 is 28.0 Å². The second kappa shape index (κ2) is 30.0.